The number of benzene rings is 1. The van der Waals surface area contributed by atoms with Gasteiger partial charge in [-0.3, -0.25) is 4.79 Å². The summed E-state index contributed by atoms with van der Waals surface area (Å²) in [6.07, 6.45) is 9.23. The van der Waals surface area contributed by atoms with Gasteiger partial charge in [-0.15, -0.1) is 0 Å². The van der Waals surface area contributed by atoms with Crippen LogP contribution in [-0.2, 0) is 11.2 Å². The summed E-state index contributed by atoms with van der Waals surface area (Å²) in [4.78, 5) is 13.4. The molecule has 0 aliphatic heterocycles. The molecule has 0 unspecified atom stereocenters. The van der Waals surface area contributed by atoms with Gasteiger partial charge in [0.25, 0.3) is 0 Å². The molecule has 3 atom stereocenters. The maximum atomic E-state index is 14.2. The standard InChI is InChI=1S/C23H34FNO2/c1-25(2)22(26)18-23(27)16-8-12-20(17-23)14-15-21(24)13-7-6-11-19-9-4-3-5-10-19/h3-5,9-10,14-15,20-21,27H,6-8,11-13,16-18H2,1-2H3/b15-14+/t20-,21+,23-/m1/s1. The first-order valence-electron chi connectivity index (χ1n) is 10.2. The Bertz CT molecular complexity index is 602. The summed E-state index contributed by atoms with van der Waals surface area (Å²) in [6, 6.07) is 10.3. The van der Waals surface area contributed by atoms with Gasteiger partial charge in [-0.1, -0.05) is 42.5 Å². The number of carbonyl (C=O) groups is 1. The molecular weight excluding hydrogens is 341 g/mol. The lowest BCUT2D eigenvalue weighted by molar-refractivity contribution is -0.135. The number of hydrogen-bond donors (Lipinski definition) is 1. The molecule has 1 aromatic carbocycles. The molecule has 0 spiro atoms. The number of amides is 1. The van der Waals surface area contributed by atoms with Crippen LogP contribution in [0.3, 0.4) is 0 Å². The van der Waals surface area contributed by atoms with Crippen LogP contribution in [-0.4, -0.2) is 41.8 Å². The van der Waals surface area contributed by atoms with Gasteiger partial charge in [0, 0.05) is 14.1 Å². The molecule has 150 valence electrons. The van der Waals surface area contributed by atoms with E-state index in [2.05, 4.69) is 12.1 Å². The van der Waals surface area contributed by atoms with E-state index >= 15 is 0 Å². The van der Waals surface area contributed by atoms with Gasteiger partial charge < -0.3 is 10.0 Å². The molecule has 0 bridgehead atoms. The summed E-state index contributed by atoms with van der Waals surface area (Å²) in [6.45, 7) is 0. The minimum absolute atomic E-state index is 0.0519. The van der Waals surface area contributed by atoms with Gasteiger partial charge in [-0.2, -0.15) is 0 Å². The third-order valence-electron chi connectivity index (χ3n) is 5.47. The zero-order valence-electron chi connectivity index (χ0n) is 16.7. The number of rotatable bonds is 9. The lowest BCUT2D eigenvalue weighted by Gasteiger charge is -2.36. The Morgan fingerprint density at radius 3 is 2.78 bits per heavy atom. The van der Waals surface area contributed by atoms with Crippen molar-refractivity contribution < 1.29 is 14.3 Å². The molecule has 0 saturated heterocycles. The van der Waals surface area contributed by atoms with E-state index in [1.165, 1.54) is 10.5 Å². The predicted molar refractivity (Wildman–Crippen MR) is 108 cm³/mol. The first kappa shape index (κ1) is 21.6. The van der Waals surface area contributed by atoms with Crippen LogP contribution in [0.25, 0.3) is 0 Å². The van der Waals surface area contributed by atoms with Crippen LogP contribution in [0.5, 0.6) is 0 Å². The van der Waals surface area contributed by atoms with Crippen LogP contribution in [0.1, 0.15) is 56.9 Å². The van der Waals surface area contributed by atoms with E-state index < -0.39 is 11.8 Å². The zero-order valence-corrected chi connectivity index (χ0v) is 16.7. The molecule has 0 aromatic heterocycles. The number of nitrogens with zero attached hydrogens (tertiary/aromatic N) is 1. The minimum atomic E-state index is -0.948. The maximum Gasteiger partial charge on any atom is 0.224 e. The maximum absolute atomic E-state index is 14.2. The molecular formula is C23H34FNO2. The van der Waals surface area contributed by atoms with Crippen LogP contribution in [0.15, 0.2) is 42.5 Å². The summed E-state index contributed by atoms with van der Waals surface area (Å²) >= 11 is 0. The Labute approximate surface area is 163 Å². The van der Waals surface area contributed by atoms with E-state index in [4.69, 9.17) is 0 Å². The average molecular weight is 376 g/mol. The van der Waals surface area contributed by atoms with Crippen molar-refractivity contribution in [3.8, 4) is 0 Å². The molecule has 1 aliphatic carbocycles. The average Bonchev–Trinajstić information content (AvgIpc) is 2.64. The van der Waals surface area contributed by atoms with E-state index in [1.807, 2.05) is 24.3 Å². The van der Waals surface area contributed by atoms with Crippen molar-refractivity contribution in [2.45, 2.75) is 69.6 Å². The molecule has 27 heavy (non-hydrogen) atoms. The molecule has 3 nitrogen and oxygen atoms in total. The van der Waals surface area contributed by atoms with Gasteiger partial charge >= 0.3 is 0 Å². The third kappa shape index (κ3) is 7.84. The second-order valence-electron chi connectivity index (χ2n) is 8.18. The normalized spacial score (nSPS) is 24.1. The first-order chi connectivity index (χ1) is 12.9. The summed E-state index contributed by atoms with van der Waals surface area (Å²) < 4.78 is 14.2. The SMILES string of the molecule is CN(C)C(=O)C[C@@]1(O)CCC[C@H](/C=C/[C@@H](F)CCCCc2ccccc2)C1. The van der Waals surface area contributed by atoms with Crippen molar-refractivity contribution in [1.82, 2.24) is 4.90 Å². The lowest BCUT2D eigenvalue weighted by Crippen LogP contribution is -2.40. The Balaban J connectivity index is 1.71. The fraction of sp³-hybridized carbons (Fsp3) is 0.609. The van der Waals surface area contributed by atoms with Gasteiger partial charge in [0.1, 0.15) is 6.17 Å². The topological polar surface area (TPSA) is 40.5 Å². The van der Waals surface area contributed by atoms with Crippen LogP contribution in [0.4, 0.5) is 4.39 Å². The fourth-order valence-corrected chi connectivity index (χ4v) is 3.84. The van der Waals surface area contributed by atoms with E-state index in [0.29, 0.717) is 19.3 Å². The number of hydrogen-bond acceptors (Lipinski definition) is 2. The second-order valence-corrected chi connectivity index (χ2v) is 8.18. The van der Waals surface area contributed by atoms with Crippen molar-refractivity contribution in [2.24, 2.45) is 5.92 Å². The third-order valence-corrected chi connectivity index (χ3v) is 5.47. The number of alkyl halides is 1. The van der Waals surface area contributed by atoms with Crippen LogP contribution < -0.4 is 0 Å². The van der Waals surface area contributed by atoms with Crippen molar-refractivity contribution in [3.63, 3.8) is 0 Å². The fourth-order valence-electron chi connectivity index (χ4n) is 3.84. The smallest absolute Gasteiger partial charge is 0.224 e. The molecule has 2 rings (SSSR count). The summed E-state index contributed by atoms with van der Waals surface area (Å²) in [5.74, 6) is 0.102. The first-order valence-corrected chi connectivity index (χ1v) is 10.2. The summed E-state index contributed by atoms with van der Waals surface area (Å²) in [5.41, 5.74) is 0.355. The highest BCUT2D eigenvalue weighted by atomic mass is 19.1. The monoisotopic (exact) mass is 375 g/mol. The van der Waals surface area contributed by atoms with E-state index in [9.17, 15) is 14.3 Å². The molecule has 0 heterocycles. The number of halogens is 1. The minimum Gasteiger partial charge on any atom is -0.389 e. The van der Waals surface area contributed by atoms with Crippen molar-refractivity contribution in [1.29, 1.82) is 0 Å². The van der Waals surface area contributed by atoms with Gasteiger partial charge in [-0.25, -0.2) is 4.39 Å². The number of aliphatic hydroxyl groups is 1. The number of unbranched alkanes of at least 4 members (excludes halogenated alkanes) is 1. The van der Waals surface area contributed by atoms with Gasteiger partial charge in [0.05, 0.1) is 12.0 Å². The van der Waals surface area contributed by atoms with E-state index in [1.54, 1.807) is 20.2 Å². The molecule has 4 heteroatoms. The Morgan fingerprint density at radius 2 is 2.07 bits per heavy atom. The van der Waals surface area contributed by atoms with Crippen LogP contribution in [0.2, 0.25) is 0 Å². The van der Waals surface area contributed by atoms with Crippen molar-refractivity contribution in [3.05, 3.63) is 48.0 Å². The Hall–Kier alpha value is -1.68. The van der Waals surface area contributed by atoms with Crippen molar-refractivity contribution >= 4 is 5.91 Å². The summed E-state index contributed by atoms with van der Waals surface area (Å²) in [7, 11) is 3.41. The molecule has 1 saturated carbocycles. The highest BCUT2D eigenvalue weighted by molar-refractivity contribution is 5.76. The molecule has 1 N–H and O–H groups in total. The lowest BCUT2D eigenvalue weighted by atomic mass is 9.76. The number of aryl methyl sites for hydroxylation is 1. The highest BCUT2D eigenvalue weighted by Crippen LogP contribution is 2.36. The van der Waals surface area contributed by atoms with Crippen molar-refractivity contribution in [2.75, 3.05) is 14.1 Å². The predicted octanol–water partition coefficient (Wildman–Crippen LogP) is 4.69. The van der Waals surface area contributed by atoms with Crippen LogP contribution in [0, 0.1) is 5.92 Å². The molecule has 1 amide bonds. The molecule has 1 aliphatic rings. The quantitative estimate of drug-likeness (QED) is 0.502. The van der Waals surface area contributed by atoms with Gasteiger partial charge in [0.2, 0.25) is 5.91 Å². The second kappa shape index (κ2) is 10.6. The zero-order chi connectivity index (χ0) is 19.7. The van der Waals surface area contributed by atoms with E-state index in [-0.39, 0.29) is 18.2 Å². The number of carbonyl (C=O) groups excluding carboxylic acids is 1. The Kier molecular flexibility index (Phi) is 8.49. The van der Waals surface area contributed by atoms with Gasteiger partial charge in [-0.05, 0) is 62.8 Å². The largest absolute Gasteiger partial charge is 0.389 e. The molecule has 1 fully saturated rings. The molecule has 0 radical (unpaired) electrons. The highest BCUT2D eigenvalue weighted by Gasteiger charge is 2.35. The number of allylic oxidation sites excluding steroid dienone is 2. The van der Waals surface area contributed by atoms with E-state index in [0.717, 1.165) is 32.1 Å². The van der Waals surface area contributed by atoms with Crippen LogP contribution >= 0.6 is 0 Å². The molecule has 1 aromatic rings. The summed E-state index contributed by atoms with van der Waals surface area (Å²) in [5, 5.41) is 10.7. The Morgan fingerprint density at radius 1 is 1.33 bits per heavy atom. The van der Waals surface area contributed by atoms with Gasteiger partial charge in [0.15, 0.2) is 0 Å².